The van der Waals surface area contributed by atoms with E-state index in [4.69, 9.17) is 0 Å². The van der Waals surface area contributed by atoms with Gasteiger partial charge in [-0.25, -0.2) is 4.39 Å². The highest BCUT2D eigenvalue weighted by molar-refractivity contribution is 8.00. The molecular weight excluding hydrogens is 225 g/mol. The highest BCUT2D eigenvalue weighted by Crippen LogP contribution is 2.27. The van der Waals surface area contributed by atoms with E-state index in [0.717, 1.165) is 24.4 Å². The van der Waals surface area contributed by atoms with E-state index in [0.29, 0.717) is 6.29 Å². The minimum atomic E-state index is -0.433. The normalized spacial score (nSPS) is 16.9. The second kappa shape index (κ2) is 5.34. The van der Waals surface area contributed by atoms with Gasteiger partial charge in [-0.2, -0.15) is 0 Å². The van der Waals surface area contributed by atoms with E-state index in [1.807, 2.05) is 6.07 Å². The molecule has 0 bridgehead atoms. The lowest BCUT2D eigenvalue weighted by molar-refractivity contribution is 0.112. The molecule has 4 heteroatoms. The third-order valence-electron chi connectivity index (χ3n) is 2.65. The van der Waals surface area contributed by atoms with Crippen LogP contribution in [0, 0.1) is 5.82 Å². The molecule has 1 saturated heterocycles. The number of benzene rings is 1. The maximum absolute atomic E-state index is 13.4. The van der Waals surface area contributed by atoms with Crippen molar-refractivity contribution >= 4 is 23.9 Å². The number of aldehydes is 1. The van der Waals surface area contributed by atoms with Gasteiger partial charge in [-0.3, -0.25) is 4.79 Å². The van der Waals surface area contributed by atoms with Crippen LogP contribution in [0.3, 0.4) is 0 Å². The van der Waals surface area contributed by atoms with Gasteiger partial charge in [0.25, 0.3) is 0 Å². The fourth-order valence-electron chi connectivity index (χ4n) is 1.74. The second-order valence-corrected chi connectivity index (χ2v) is 4.93. The zero-order valence-electron chi connectivity index (χ0n) is 8.99. The largest absolute Gasteiger partial charge is 0.316 e. The monoisotopic (exact) mass is 239 g/mol. The number of carbonyl (C=O) groups is 1. The van der Waals surface area contributed by atoms with Crippen molar-refractivity contribution in [3.05, 3.63) is 29.6 Å². The minimum Gasteiger partial charge on any atom is -0.316 e. The van der Waals surface area contributed by atoms with Gasteiger partial charge >= 0.3 is 0 Å². The summed E-state index contributed by atoms with van der Waals surface area (Å²) >= 11 is 1.74. The lowest BCUT2D eigenvalue weighted by Crippen LogP contribution is -2.14. The van der Waals surface area contributed by atoms with Crippen molar-refractivity contribution in [3.63, 3.8) is 0 Å². The van der Waals surface area contributed by atoms with Gasteiger partial charge in [-0.05, 0) is 43.0 Å². The predicted octanol–water partition coefficient (Wildman–Crippen LogP) is 3.28. The van der Waals surface area contributed by atoms with Crippen LogP contribution in [-0.4, -0.2) is 18.6 Å². The van der Waals surface area contributed by atoms with E-state index in [1.54, 1.807) is 18.0 Å². The molecule has 16 heavy (non-hydrogen) atoms. The molecule has 0 saturated carbocycles. The third kappa shape index (κ3) is 2.55. The van der Waals surface area contributed by atoms with Gasteiger partial charge in [0.05, 0.1) is 5.56 Å². The van der Waals surface area contributed by atoms with Crippen LogP contribution in [0.2, 0.25) is 0 Å². The van der Waals surface area contributed by atoms with Gasteiger partial charge in [-0.15, -0.1) is 0 Å². The maximum Gasteiger partial charge on any atom is 0.152 e. The Morgan fingerprint density at radius 2 is 2.19 bits per heavy atom. The zero-order valence-corrected chi connectivity index (χ0v) is 9.80. The van der Waals surface area contributed by atoms with Crippen LogP contribution in [0.5, 0.6) is 0 Å². The van der Waals surface area contributed by atoms with Gasteiger partial charge in [0, 0.05) is 18.0 Å². The van der Waals surface area contributed by atoms with E-state index >= 15 is 0 Å². The summed E-state index contributed by atoms with van der Waals surface area (Å²) in [4.78, 5) is 10.5. The summed E-state index contributed by atoms with van der Waals surface area (Å²) in [5.74, 6) is 0.647. The van der Waals surface area contributed by atoms with Crippen LogP contribution >= 0.6 is 11.9 Å². The number of nitrogens with zero attached hydrogens (tertiary/aromatic N) is 1. The molecule has 0 radical (unpaired) electrons. The van der Waals surface area contributed by atoms with Crippen molar-refractivity contribution in [2.75, 3.05) is 16.6 Å². The van der Waals surface area contributed by atoms with E-state index in [2.05, 4.69) is 4.31 Å². The first-order chi connectivity index (χ1) is 7.81. The van der Waals surface area contributed by atoms with Gasteiger partial charge in [0.2, 0.25) is 0 Å². The molecule has 1 heterocycles. The van der Waals surface area contributed by atoms with Gasteiger partial charge < -0.3 is 4.31 Å². The van der Waals surface area contributed by atoms with Crippen molar-refractivity contribution in [1.29, 1.82) is 0 Å². The zero-order chi connectivity index (χ0) is 11.4. The highest BCUT2D eigenvalue weighted by atomic mass is 32.2. The molecule has 2 rings (SSSR count). The highest BCUT2D eigenvalue weighted by Gasteiger charge is 2.12. The molecule has 1 aromatic carbocycles. The molecule has 1 aliphatic heterocycles. The van der Waals surface area contributed by atoms with Crippen LogP contribution in [0.15, 0.2) is 18.2 Å². The van der Waals surface area contributed by atoms with Crippen LogP contribution in [0.25, 0.3) is 0 Å². The maximum atomic E-state index is 13.4. The fraction of sp³-hybridized carbons (Fsp3) is 0.417. The van der Waals surface area contributed by atoms with Crippen molar-refractivity contribution in [3.8, 4) is 0 Å². The summed E-state index contributed by atoms with van der Waals surface area (Å²) < 4.78 is 15.6. The van der Waals surface area contributed by atoms with Crippen molar-refractivity contribution in [1.82, 2.24) is 0 Å². The topological polar surface area (TPSA) is 20.3 Å². The van der Waals surface area contributed by atoms with Crippen molar-refractivity contribution < 1.29 is 9.18 Å². The Labute approximate surface area is 99.0 Å². The fourth-order valence-corrected chi connectivity index (χ4v) is 2.82. The Morgan fingerprint density at radius 1 is 1.31 bits per heavy atom. The molecule has 1 aliphatic rings. The molecule has 0 aliphatic carbocycles. The standard InChI is InChI=1S/C12H14FNOS/c13-12-8-11(5-4-10(12)9-15)14-6-2-1-3-7-16-14/h4-5,8-9H,1-3,6-7H2. The molecular formula is C12H14FNOS. The molecule has 0 amide bonds. The van der Waals surface area contributed by atoms with Gasteiger partial charge in [0.1, 0.15) is 5.82 Å². The quantitative estimate of drug-likeness (QED) is 0.583. The number of halogens is 1. The summed E-state index contributed by atoms with van der Waals surface area (Å²) in [6.45, 7) is 0.949. The number of hydrogen-bond acceptors (Lipinski definition) is 3. The Balaban J connectivity index is 2.19. The van der Waals surface area contributed by atoms with E-state index in [1.165, 1.54) is 18.9 Å². The first kappa shape index (κ1) is 11.5. The van der Waals surface area contributed by atoms with Crippen LogP contribution in [0.4, 0.5) is 10.1 Å². The smallest absolute Gasteiger partial charge is 0.152 e. The average molecular weight is 239 g/mol. The molecule has 0 unspecified atom stereocenters. The Bertz CT molecular complexity index is 375. The van der Waals surface area contributed by atoms with Crippen LogP contribution in [-0.2, 0) is 0 Å². The van der Waals surface area contributed by atoms with E-state index in [9.17, 15) is 9.18 Å². The first-order valence-corrected chi connectivity index (χ1v) is 6.40. The Kier molecular flexibility index (Phi) is 3.83. The van der Waals surface area contributed by atoms with E-state index in [-0.39, 0.29) is 5.56 Å². The molecule has 0 N–H and O–H groups in total. The molecule has 2 nitrogen and oxygen atoms in total. The average Bonchev–Trinajstić information content (AvgIpc) is 2.57. The molecule has 0 aromatic heterocycles. The molecule has 1 fully saturated rings. The lowest BCUT2D eigenvalue weighted by atomic mass is 10.2. The molecule has 0 atom stereocenters. The second-order valence-electron chi connectivity index (χ2n) is 3.82. The summed E-state index contributed by atoms with van der Waals surface area (Å²) in [5, 5.41) is 0. The summed E-state index contributed by atoms with van der Waals surface area (Å²) in [5.41, 5.74) is 0.985. The van der Waals surface area contributed by atoms with Crippen molar-refractivity contribution in [2.45, 2.75) is 19.3 Å². The SMILES string of the molecule is O=Cc1ccc(N2CCCCCS2)cc1F. The summed E-state index contributed by atoms with van der Waals surface area (Å²) in [7, 11) is 0. The minimum absolute atomic E-state index is 0.128. The van der Waals surface area contributed by atoms with Gasteiger partial charge in [-0.1, -0.05) is 6.42 Å². The number of carbonyl (C=O) groups excluding carboxylic acids is 1. The van der Waals surface area contributed by atoms with Crippen LogP contribution in [0.1, 0.15) is 29.6 Å². The van der Waals surface area contributed by atoms with E-state index < -0.39 is 5.82 Å². The summed E-state index contributed by atoms with van der Waals surface area (Å²) in [6.07, 6.45) is 4.15. The van der Waals surface area contributed by atoms with Crippen LogP contribution < -0.4 is 4.31 Å². The Morgan fingerprint density at radius 3 is 2.94 bits per heavy atom. The molecule has 1 aromatic rings. The Hall–Kier alpha value is -1.03. The number of rotatable bonds is 2. The van der Waals surface area contributed by atoms with Crippen molar-refractivity contribution in [2.24, 2.45) is 0 Å². The third-order valence-corrected chi connectivity index (χ3v) is 3.83. The molecule has 86 valence electrons. The summed E-state index contributed by atoms with van der Waals surface area (Å²) in [6, 6.07) is 4.80. The number of hydrogen-bond donors (Lipinski definition) is 0. The first-order valence-electron chi connectivity index (χ1n) is 5.46. The lowest BCUT2D eigenvalue weighted by Gasteiger charge is -2.21. The van der Waals surface area contributed by atoms with Gasteiger partial charge in [0.15, 0.2) is 6.29 Å². The predicted molar refractivity (Wildman–Crippen MR) is 65.4 cm³/mol. The molecule has 0 spiro atoms. The number of anilines is 1.